The minimum Gasteiger partial charge on any atom is -0.494 e. The van der Waals surface area contributed by atoms with Gasteiger partial charge in [-0.1, -0.05) is 107 Å². The number of nitrogens with zero attached hydrogens (tertiary/aromatic N) is 1. The van der Waals surface area contributed by atoms with Crippen LogP contribution in [0.1, 0.15) is 87.8 Å². The zero-order valence-electron chi connectivity index (χ0n) is 17.9. The predicted octanol–water partition coefficient (Wildman–Crippen LogP) is 8.03. The predicted molar refractivity (Wildman–Crippen MR) is 124 cm³/mol. The summed E-state index contributed by atoms with van der Waals surface area (Å²) in [5.74, 6) is 0.786. The minimum atomic E-state index is 0.651. The molecule has 0 atom stereocenters. The molecule has 0 fully saturated rings. The largest absolute Gasteiger partial charge is 0.494 e. The van der Waals surface area contributed by atoms with Crippen molar-refractivity contribution in [1.82, 2.24) is 0 Å². The quantitative estimate of drug-likeness (QED) is 0.242. The summed E-state index contributed by atoms with van der Waals surface area (Å²) in [6.07, 6.45) is 17.2. The van der Waals surface area contributed by atoms with Crippen molar-refractivity contribution in [2.75, 3.05) is 6.61 Å². The van der Waals surface area contributed by atoms with Gasteiger partial charge < -0.3 is 4.74 Å². The number of hydrogen-bond acceptors (Lipinski definition) is 2. The van der Waals surface area contributed by atoms with Crippen molar-refractivity contribution in [1.29, 1.82) is 5.26 Å². The Labute approximate surface area is 177 Å². The van der Waals surface area contributed by atoms with Crippen molar-refractivity contribution in [2.24, 2.45) is 0 Å². The summed E-state index contributed by atoms with van der Waals surface area (Å²) in [6, 6.07) is 18.2. The molecular weight excluding hydrogens is 354 g/mol. The third-order valence-corrected chi connectivity index (χ3v) is 5.17. The van der Waals surface area contributed by atoms with E-state index in [0.29, 0.717) is 5.56 Å². The Hall–Kier alpha value is -2.53. The first-order chi connectivity index (χ1) is 14.3. The van der Waals surface area contributed by atoms with E-state index >= 15 is 0 Å². The molecule has 0 amide bonds. The molecule has 0 unspecified atom stereocenters. The van der Waals surface area contributed by atoms with Gasteiger partial charge in [-0.15, -0.1) is 0 Å². The highest BCUT2D eigenvalue weighted by Crippen LogP contribution is 2.20. The fourth-order valence-electron chi connectivity index (χ4n) is 3.40. The number of benzene rings is 2. The summed E-state index contributed by atoms with van der Waals surface area (Å²) in [5.41, 5.74) is 2.69. The van der Waals surface area contributed by atoms with Crippen molar-refractivity contribution in [3.63, 3.8) is 0 Å². The second kappa shape index (κ2) is 14.5. The summed E-state index contributed by atoms with van der Waals surface area (Å²) in [4.78, 5) is 0. The molecule has 0 aromatic heterocycles. The average Bonchev–Trinajstić information content (AvgIpc) is 2.77. The zero-order valence-corrected chi connectivity index (χ0v) is 17.9. The smallest absolute Gasteiger partial charge is 0.120 e. The standard InChI is InChI=1S/C27H35NO/c1-2-3-4-5-6-7-8-9-10-14-21-29-27-20-19-25(26(22-27)23-28)18-17-24-15-12-11-13-16-24/h11-13,15-20,22H,2-10,14,21H2,1H3/b18-17+. The Morgan fingerprint density at radius 3 is 2.10 bits per heavy atom. The van der Waals surface area contributed by atoms with E-state index in [0.717, 1.165) is 29.9 Å². The fraction of sp³-hybridized carbons (Fsp3) is 0.444. The molecule has 0 aliphatic heterocycles. The molecule has 2 aromatic rings. The topological polar surface area (TPSA) is 33.0 Å². The van der Waals surface area contributed by atoms with E-state index in [9.17, 15) is 5.26 Å². The van der Waals surface area contributed by atoms with Crippen LogP contribution in [0, 0.1) is 11.3 Å². The highest BCUT2D eigenvalue weighted by molar-refractivity contribution is 5.73. The van der Waals surface area contributed by atoms with Gasteiger partial charge in [-0.2, -0.15) is 5.26 Å². The molecule has 2 aromatic carbocycles. The maximum Gasteiger partial charge on any atom is 0.120 e. The van der Waals surface area contributed by atoms with Gasteiger partial charge in [-0.05, 0) is 35.7 Å². The summed E-state index contributed by atoms with van der Waals surface area (Å²) in [6.45, 7) is 2.99. The van der Waals surface area contributed by atoms with Crippen molar-refractivity contribution in [3.05, 3.63) is 65.2 Å². The molecule has 0 saturated carbocycles. The lowest BCUT2D eigenvalue weighted by molar-refractivity contribution is 0.304. The monoisotopic (exact) mass is 389 g/mol. The van der Waals surface area contributed by atoms with Crippen LogP contribution in [-0.4, -0.2) is 6.61 Å². The average molecular weight is 390 g/mol. The van der Waals surface area contributed by atoms with E-state index in [4.69, 9.17) is 4.74 Å². The lowest BCUT2D eigenvalue weighted by Gasteiger charge is -2.08. The minimum absolute atomic E-state index is 0.651. The van der Waals surface area contributed by atoms with Crippen LogP contribution in [0.5, 0.6) is 5.75 Å². The van der Waals surface area contributed by atoms with Gasteiger partial charge in [0.05, 0.1) is 18.2 Å². The summed E-state index contributed by atoms with van der Waals surface area (Å²) < 4.78 is 5.86. The van der Waals surface area contributed by atoms with Gasteiger partial charge in [0, 0.05) is 0 Å². The summed E-state index contributed by atoms with van der Waals surface area (Å²) in [7, 11) is 0. The first-order valence-electron chi connectivity index (χ1n) is 11.2. The maximum absolute atomic E-state index is 9.46. The van der Waals surface area contributed by atoms with Gasteiger partial charge in [-0.25, -0.2) is 0 Å². The van der Waals surface area contributed by atoms with Crippen molar-refractivity contribution < 1.29 is 4.74 Å². The van der Waals surface area contributed by atoms with E-state index in [-0.39, 0.29) is 0 Å². The lowest BCUT2D eigenvalue weighted by atomic mass is 10.1. The summed E-state index contributed by atoms with van der Waals surface area (Å²) >= 11 is 0. The van der Waals surface area contributed by atoms with E-state index in [2.05, 4.69) is 13.0 Å². The molecule has 0 aliphatic rings. The first-order valence-corrected chi connectivity index (χ1v) is 11.2. The Kier molecular flexibility index (Phi) is 11.4. The highest BCUT2D eigenvalue weighted by Gasteiger charge is 2.02. The van der Waals surface area contributed by atoms with Gasteiger partial charge in [0.15, 0.2) is 0 Å². The molecule has 154 valence electrons. The first kappa shape index (κ1) is 22.8. The molecule has 0 bridgehead atoms. The van der Waals surface area contributed by atoms with Crippen LogP contribution in [0.25, 0.3) is 12.2 Å². The van der Waals surface area contributed by atoms with E-state index in [1.165, 1.54) is 57.8 Å². The van der Waals surface area contributed by atoms with Gasteiger partial charge in [0.1, 0.15) is 5.75 Å². The fourth-order valence-corrected chi connectivity index (χ4v) is 3.40. The molecule has 2 nitrogen and oxygen atoms in total. The van der Waals surface area contributed by atoms with Gasteiger partial charge in [0.25, 0.3) is 0 Å². The highest BCUT2D eigenvalue weighted by atomic mass is 16.5. The van der Waals surface area contributed by atoms with E-state index in [1.807, 2.05) is 60.7 Å². The Bertz CT molecular complexity index is 758. The van der Waals surface area contributed by atoms with Crippen LogP contribution in [0.4, 0.5) is 0 Å². The Morgan fingerprint density at radius 1 is 0.793 bits per heavy atom. The van der Waals surface area contributed by atoms with Gasteiger partial charge in [-0.3, -0.25) is 0 Å². The molecule has 0 radical (unpaired) electrons. The van der Waals surface area contributed by atoms with Crippen LogP contribution in [0.2, 0.25) is 0 Å². The lowest BCUT2D eigenvalue weighted by Crippen LogP contribution is -1.98. The molecule has 0 heterocycles. The molecule has 0 spiro atoms. The molecule has 0 saturated heterocycles. The normalized spacial score (nSPS) is 10.9. The van der Waals surface area contributed by atoms with Crippen LogP contribution in [-0.2, 0) is 0 Å². The van der Waals surface area contributed by atoms with Gasteiger partial charge >= 0.3 is 0 Å². The molecule has 29 heavy (non-hydrogen) atoms. The molecule has 2 rings (SSSR count). The molecule has 0 N–H and O–H groups in total. The number of hydrogen-bond donors (Lipinski definition) is 0. The zero-order chi connectivity index (χ0) is 20.6. The van der Waals surface area contributed by atoms with Crippen LogP contribution in [0.15, 0.2) is 48.5 Å². The third-order valence-electron chi connectivity index (χ3n) is 5.17. The molecular formula is C27H35NO. The third kappa shape index (κ3) is 9.48. The Balaban J connectivity index is 1.66. The molecule has 2 heteroatoms. The summed E-state index contributed by atoms with van der Waals surface area (Å²) in [5, 5.41) is 9.46. The van der Waals surface area contributed by atoms with Crippen LogP contribution >= 0.6 is 0 Å². The van der Waals surface area contributed by atoms with Crippen LogP contribution < -0.4 is 4.74 Å². The van der Waals surface area contributed by atoms with Gasteiger partial charge in [0.2, 0.25) is 0 Å². The second-order valence-electron chi connectivity index (χ2n) is 7.64. The number of unbranched alkanes of at least 4 members (excludes halogenated alkanes) is 9. The van der Waals surface area contributed by atoms with Crippen molar-refractivity contribution >= 4 is 12.2 Å². The number of ether oxygens (including phenoxy) is 1. The van der Waals surface area contributed by atoms with E-state index in [1.54, 1.807) is 0 Å². The van der Waals surface area contributed by atoms with Crippen molar-refractivity contribution in [2.45, 2.75) is 71.1 Å². The molecule has 0 aliphatic carbocycles. The SMILES string of the molecule is CCCCCCCCCCCCOc1ccc(/C=C/c2ccccc2)c(C#N)c1. The van der Waals surface area contributed by atoms with E-state index < -0.39 is 0 Å². The van der Waals surface area contributed by atoms with Crippen molar-refractivity contribution in [3.8, 4) is 11.8 Å². The number of nitriles is 1. The maximum atomic E-state index is 9.46. The van der Waals surface area contributed by atoms with Crippen LogP contribution in [0.3, 0.4) is 0 Å². The second-order valence-corrected chi connectivity index (χ2v) is 7.64. The Morgan fingerprint density at radius 2 is 1.45 bits per heavy atom. The number of rotatable bonds is 14.